The van der Waals surface area contributed by atoms with Gasteiger partial charge in [0, 0.05) is 32.7 Å². The van der Waals surface area contributed by atoms with E-state index in [2.05, 4.69) is 0 Å². The zero-order valence-electron chi connectivity index (χ0n) is 14.6. The molecule has 0 heterocycles. The first-order valence-electron chi connectivity index (χ1n) is 7.90. The van der Waals surface area contributed by atoms with E-state index >= 15 is 0 Å². The van der Waals surface area contributed by atoms with Gasteiger partial charge in [0.15, 0.2) is 0 Å². The molecule has 12 heteroatoms. The molecule has 0 unspecified atom stereocenters. The summed E-state index contributed by atoms with van der Waals surface area (Å²) in [6.07, 6.45) is 0. The van der Waals surface area contributed by atoms with Crippen molar-refractivity contribution in [2.24, 2.45) is 0 Å². The summed E-state index contributed by atoms with van der Waals surface area (Å²) in [6.45, 7) is 0. The first-order chi connectivity index (χ1) is 12.9. The van der Waals surface area contributed by atoms with E-state index in [1.807, 2.05) is 12.1 Å². The molecule has 0 aliphatic rings. The molecular formula is C16H20N2O6S4. The van der Waals surface area contributed by atoms with Crippen LogP contribution in [-0.2, 0) is 20.2 Å². The zero-order valence-corrected chi connectivity index (χ0v) is 17.9. The molecule has 0 radical (unpaired) electrons. The van der Waals surface area contributed by atoms with Crippen LogP contribution in [0.1, 0.15) is 0 Å². The van der Waals surface area contributed by atoms with E-state index in [0.29, 0.717) is 21.2 Å². The van der Waals surface area contributed by atoms with E-state index in [4.69, 9.17) is 20.6 Å². The van der Waals surface area contributed by atoms with Gasteiger partial charge in [-0.2, -0.15) is 16.8 Å². The number of nitrogens with two attached hydrogens (primary N) is 2. The normalized spacial score (nSPS) is 12.2. The molecule has 0 fully saturated rings. The molecule has 0 saturated heterocycles. The van der Waals surface area contributed by atoms with Crippen molar-refractivity contribution in [2.75, 3.05) is 34.5 Å². The predicted octanol–water partition coefficient (Wildman–Crippen LogP) is 2.48. The lowest BCUT2D eigenvalue weighted by atomic mass is 10.1. The van der Waals surface area contributed by atoms with Gasteiger partial charge in [-0.15, -0.1) is 23.5 Å². The third-order valence-corrected chi connectivity index (χ3v) is 7.66. The second-order valence-electron chi connectivity index (χ2n) is 5.77. The predicted molar refractivity (Wildman–Crippen MR) is 115 cm³/mol. The van der Waals surface area contributed by atoms with E-state index in [1.54, 1.807) is 24.3 Å². The number of benzene rings is 2. The van der Waals surface area contributed by atoms with Crippen LogP contribution in [0, 0.1) is 0 Å². The lowest BCUT2D eigenvalue weighted by molar-refractivity contribution is 0.483. The fourth-order valence-corrected chi connectivity index (χ4v) is 5.87. The molecule has 0 bridgehead atoms. The van der Waals surface area contributed by atoms with Crippen LogP contribution in [0.2, 0.25) is 0 Å². The monoisotopic (exact) mass is 464 g/mol. The van der Waals surface area contributed by atoms with Gasteiger partial charge >= 0.3 is 0 Å². The molecule has 0 aliphatic carbocycles. The second-order valence-corrected chi connectivity index (χ2v) is 11.2. The van der Waals surface area contributed by atoms with Gasteiger partial charge in [-0.1, -0.05) is 12.1 Å². The van der Waals surface area contributed by atoms with Crippen LogP contribution in [0.5, 0.6) is 0 Å². The summed E-state index contributed by atoms with van der Waals surface area (Å²) < 4.78 is 61.1. The highest BCUT2D eigenvalue weighted by atomic mass is 32.2. The van der Waals surface area contributed by atoms with Gasteiger partial charge in [0.05, 0.1) is 11.5 Å². The summed E-state index contributed by atoms with van der Waals surface area (Å²) in [7, 11) is -8.08. The molecule has 2 aromatic carbocycles. The SMILES string of the molecule is Nc1ccc(-c2ccc(N)c(SCCS(=O)(=O)O)c2)cc1SCCS(=O)(=O)O. The topological polar surface area (TPSA) is 161 Å². The van der Waals surface area contributed by atoms with Gasteiger partial charge in [0.1, 0.15) is 0 Å². The van der Waals surface area contributed by atoms with Gasteiger partial charge < -0.3 is 11.5 Å². The van der Waals surface area contributed by atoms with Gasteiger partial charge in [-0.25, -0.2) is 0 Å². The van der Waals surface area contributed by atoms with Gasteiger partial charge in [0.25, 0.3) is 20.2 Å². The summed E-state index contributed by atoms with van der Waals surface area (Å²) in [4.78, 5) is 1.36. The second kappa shape index (κ2) is 9.37. The Balaban J connectivity index is 2.20. The first-order valence-corrected chi connectivity index (χ1v) is 13.1. The number of anilines is 2. The Morgan fingerprint density at radius 2 is 1.07 bits per heavy atom. The zero-order chi connectivity index (χ0) is 20.9. The molecular weight excluding hydrogens is 444 g/mol. The molecule has 0 aliphatic heterocycles. The highest BCUT2D eigenvalue weighted by Crippen LogP contribution is 2.34. The molecule has 0 saturated carbocycles. The van der Waals surface area contributed by atoms with Crippen LogP contribution >= 0.6 is 23.5 Å². The Bertz CT molecular complexity index is 969. The van der Waals surface area contributed by atoms with Crippen LogP contribution in [0.25, 0.3) is 11.1 Å². The largest absolute Gasteiger partial charge is 0.398 e. The van der Waals surface area contributed by atoms with Crippen molar-refractivity contribution in [3.8, 4) is 11.1 Å². The molecule has 0 amide bonds. The lowest BCUT2D eigenvalue weighted by Gasteiger charge is -2.11. The molecule has 6 N–H and O–H groups in total. The van der Waals surface area contributed by atoms with E-state index in [1.165, 1.54) is 23.5 Å². The Hall–Kier alpha value is -1.44. The van der Waals surface area contributed by atoms with Crippen molar-refractivity contribution in [1.29, 1.82) is 0 Å². The Kier molecular flexibility index (Phi) is 7.65. The number of thioether (sulfide) groups is 2. The highest BCUT2D eigenvalue weighted by Gasteiger charge is 2.11. The average Bonchev–Trinajstić information content (AvgIpc) is 2.56. The summed E-state index contributed by atoms with van der Waals surface area (Å²) >= 11 is 2.44. The summed E-state index contributed by atoms with van der Waals surface area (Å²) in [6, 6.07) is 10.6. The molecule has 2 rings (SSSR count). The van der Waals surface area contributed by atoms with Gasteiger partial charge in [0.2, 0.25) is 0 Å². The maximum absolute atomic E-state index is 10.9. The van der Waals surface area contributed by atoms with Crippen LogP contribution in [0.15, 0.2) is 46.2 Å². The number of hydrogen-bond acceptors (Lipinski definition) is 8. The summed E-state index contributed by atoms with van der Waals surface area (Å²) in [5, 5.41) is 0. The molecule has 2 aromatic rings. The third kappa shape index (κ3) is 7.53. The Morgan fingerprint density at radius 3 is 1.39 bits per heavy atom. The van der Waals surface area contributed by atoms with Crippen LogP contribution in [0.4, 0.5) is 11.4 Å². The number of rotatable bonds is 9. The summed E-state index contributed by atoms with van der Waals surface area (Å²) in [5.74, 6) is -0.439. The molecule has 28 heavy (non-hydrogen) atoms. The smallest absolute Gasteiger partial charge is 0.265 e. The lowest BCUT2D eigenvalue weighted by Crippen LogP contribution is -2.06. The Labute approximate surface area is 172 Å². The number of hydrogen-bond donors (Lipinski definition) is 4. The molecule has 8 nitrogen and oxygen atoms in total. The van der Waals surface area contributed by atoms with Crippen molar-refractivity contribution in [3.05, 3.63) is 36.4 Å². The van der Waals surface area contributed by atoms with Crippen molar-refractivity contribution in [1.82, 2.24) is 0 Å². The molecule has 0 aromatic heterocycles. The molecule has 154 valence electrons. The van der Waals surface area contributed by atoms with Crippen molar-refractivity contribution >= 4 is 55.1 Å². The fraction of sp³-hybridized carbons (Fsp3) is 0.250. The first kappa shape index (κ1) is 22.8. The van der Waals surface area contributed by atoms with Crippen LogP contribution in [-0.4, -0.2) is 49.0 Å². The third-order valence-electron chi connectivity index (χ3n) is 3.56. The molecule has 0 atom stereocenters. The highest BCUT2D eigenvalue weighted by molar-refractivity contribution is 8.00. The fourth-order valence-electron chi connectivity index (χ4n) is 2.19. The van der Waals surface area contributed by atoms with E-state index in [0.717, 1.165) is 11.1 Å². The van der Waals surface area contributed by atoms with Crippen molar-refractivity contribution in [2.45, 2.75) is 9.79 Å². The summed E-state index contributed by atoms with van der Waals surface area (Å²) in [5.41, 5.74) is 14.5. The minimum atomic E-state index is -4.04. The average molecular weight is 465 g/mol. The minimum absolute atomic E-state index is 0.158. The van der Waals surface area contributed by atoms with E-state index < -0.39 is 20.2 Å². The number of nitrogen functional groups attached to an aromatic ring is 2. The van der Waals surface area contributed by atoms with E-state index in [9.17, 15) is 16.8 Å². The van der Waals surface area contributed by atoms with E-state index in [-0.39, 0.29) is 23.0 Å². The standard InChI is InChI=1S/C16H20N2O6S4/c17-13-3-1-11(9-15(13)25-5-7-27(19,20)21)12-2-4-14(18)16(10-12)26-6-8-28(22,23)24/h1-4,9-10H,5-8,17-18H2,(H,19,20,21)(H,22,23,24). The van der Waals surface area contributed by atoms with Crippen LogP contribution < -0.4 is 11.5 Å². The van der Waals surface area contributed by atoms with Crippen molar-refractivity contribution < 1.29 is 25.9 Å². The minimum Gasteiger partial charge on any atom is -0.398 e. The molecule has 0 spiro atoms. The van der Waals surface area contributed by atoms with Gasteiger partial charge in [-0.3, -0.25) is 9.11 Å². The maximum atomic E-state index is 10.9. The van der Waals surface area contributed by atoms with Crippen LogP contribution in [0.3, 0.4) is 0 Å². The van der Waals surface area contributed by atoms with Crippen molar-refractivity contribution in [3.63, 3.8) is 0 Å². The quantitative estimate of drug-likeness (QED) is 0.246. The van der Waals surface area contributed by atoms with Gasteiger partial charge in [-0.05, 0) is 35.4 Å². The maximum Gasteiger partial charge on any atom is 0.265 e. The Morgan fingerprint density at radius 1 is 0.714 bits per heavy atom.